The van der Waals surface area contributed by atoms with Crippen LogP contribution in [0.5, 0.6) is 11.6 Å². The molecule has 27 heavy (non-hydrogen) atoms. The molecule has 7 nitrogen and oxygen atoms in total. The number of nitrogens with zero attached hydrogens (tertiary/aromatic N) is 2. The predicted molar refractivity (Wildman–Crippen MR) is 99.5 cm³/mol. The van der Waals surface area contributed by atoms with Gasteiger partial charge in [-0.15, -0.1) is 0 Å². The van der Waals surface area contributed by atoms with Crippen LogP contribution in [0.25, 0.3) is 0 Å². The molecule has 0 saturated heterocycles. The van der Waals surface area contributed by atoms with Gasteiger partial charge in [0.15, 0.2) is 0 Å². The number of nitrogens with one attached hydrogen (secondary N) is 1. The molecule has 0 bridgehead atoms. The van der Waals surface area contributed by atoms with E-state index in [1.54, 1.807) is 18.2 Å². The summed E-state index contributed by atoms with van der Waals surface area (Å²) in [7, 11) is 0. The number of hydrogen-bond donors (Lipinski definition) is 1. The van der Waals surface area contributed by atoms with Gasteiger partial charge in [0.25, 0.3) is 11.6 Å². The maximum absolute atomic E-state index is 13.8. The van der Waals surface area contributed by atoms with E-state index < -0.39 is 16.6 Å². The second-order valence-corrected chi connectivity index (χ2v) is 6.24. The van der Waals surface area contributed by atoms with Gasteiger partial charge >= 0.3 is 0 Å². The highest BCUT2D eigenvalue weighted by Crippen LogP contribution is 2.24. The van der Waals surface area contributed by atoms with Crippen LogP contribution in [0.3, 0.4) is 0 Å². The van der Waals surface area contributed by atoms with Crippen LogP contribution in [0.1, 0.15) is 10.4 Å². The first kappa shape index (κ1) is 18.5. The summed E-state index contributed by atoms with van der Waals surface area (Å²) < 4.78 is 20.2. The van der Waals surface area contributed by atoms with Crippen LogP contribution < -0.4 is 10.1 Å². The van der Waals surface area contributed by atoms with Crippen molar-refractivity contribution >= 4 is 33.2 Å². The van der Waals surface area contributed by atoms with Crippen LogP contribution in [-0.4, -0.2) is 15.8 Å². The molecular weight excluding hydrogens is 421 g/mol. The molecule has 0 fully saturated rings. The minimum absolute atomic E-state index is 0.141. The molecular formula is C18H11BrFN3O4. The van der Waals surface area contributed by atoms with Crippen LogP contribution >= 0.6 is 15.9 Å². The highest BCUT2D eigenvalue weighted by Gasteiger charge is 2.14. The van der Waals surface area contributed by atoms with Crippen LogP contribution in [0.15, 0.2) is 65.3 Å². The average Bonchev–Trinajstić information content (AvgIpc) is 2.64. The lowest BCUT2D eigenvalue weighted by molar-refractivity contribution is -0.384. The molecule has 136 valence electrons. The van der Waals surface area contributed by atoms with Crippen molar-refractivity contribution in [2.75, 3.05) is 5.32 Å². The molecule has 2 aromatic carbocycles. The van der Waals surface area contributed by atoms with Gasteiger partial charge in [0.05, 0.1) is 16.2 Å². The van der Waals surface area contributed by atoms with Crippen molar-refractivity contribution in [1.82, 2.24) is 4.98 Å². The molecule has 9 heteroatoms. The third-order valence-corrected chi connectivity index (χ3v) is 3.92. The molecule has 0 radical (unpaired) electrons. The Balaban J connectivity index is 1.72. The van der Waals surface area contributed by atoms with Gasteiger partial charge in [-0.25, -0.2) is 9.37 Å². The average molecular weight is 432 g/mol. The molecule has 1 heterocycles. The highest BCUT2D eigenvalue weighted by atomic mass is 79.9. The third kappa shape index (κ3) is 4.64. The smallest absolute Gasteiger partial charge is 0.271 e. The second-order valence-electron chi connectivity index (χ2n) is 5.32. The molecule has 0 spiro atoms. The summed E-state index contributed by atoms with van der Waals surface area (Å²) in [6.45, 7) is 0. The molecule has 0 aliphatic heterocycles. The summed E-state index contributed by atoms with van der Waals surface area (Å²) >= 11 is 3.33. The van der Waals surface area contributed by atoms with E-state index >= 15 is 0 Å². The van der Waals surface area contributed by atoms with Gasteiger partial charge in [-0.3, -0.25) is 14.9 Å². The Morgan fingerprint density at radius 2 is 2.00 bits per heavy atom. The summed E-state index contributed by atoms with van der Waals surface area (Å²) in [6.07, 6.45) is 1.26. The van der Waals surface area contributed by atoms with Crippen molar-refractivity contribution < 1.29 is 18.8 Å². The number of anilines is 1. The van der Waals surface area contributed by atoms with E-state index in [1.165, 1.54) is 18.3 Å². The number of halogens is 2. The Morgan fingerprint density at radius 1 is 1.19 bits per heavy atom. The largest absolute Gasteiger partial charge is 0.439 e. The third-order valence-electron chi connectivity index (χ3n) is 3.43. The summed E-state index contributed by atoms with van der Waals surface area (Å²) in [6, 6.07) is 13.0. The van der Waals surface area contributed by atoms with Crippen molar-refractivity contribution in [3.63, 3.8) is 0 Å². The molecule has 3 rings (SSSR count). The van der Waals surface area contributed by atoms with Gasteiger partial charge in [-0.2, -0.15) is 0 Å². The lowest BCUT2D eigenvalue weighted by Crippen LogP contribution is -2.13. The molecule has 1 aromatic heterocycles. The quantitative estimate of drug-likeness (QED) is 0.456. The monoisotopic (exact) mass is 431 g/mol. The van der Waals surface area contributed by atoms with Gasteiger partial charge in [-0.05, 0) is 30.3 Å². The Kier molecular flexibility index (Phi) is 5.41. The van der Waals surface area contributed by atoms with Crippen LogP contribution in [-0.2, 0) is 0 Å². The van der Waals surface area contributed by atoms with E-state index in [0.29, 0.717) is 5.75 Å². The van der Waals surface area contributed by atoms with Crippen LogP contribution in [0, 0.1) is 15.9 Å². The summed E-state index contributed by atoms with van der Waals surface area (Å²) in [4.78, 5) is 26.4. The number of carbonyl (C=O) groups excluding carboxylic acids is 1. The molecule has 3 aromatic rings. The summed E-state index contributed by atoms with van der Waals surface area (Å²) in [5.74, 6) is -0.605. The van der Waals surface area contributed by atoms with Crippen LogP contribution in [0.4, 0.5) is 15.8 Å². The number of hydrogen-bond acceptors (Lipinski definition) is 5. The standard InChI is InChI=1S/C18H11BrFN3O4/c19-12-2-1-3-14(8-12)27-17-7-4-11(10-21-17)18(24)22-16-9-13(23(25)26)5-6-15(16)20/h1-10H,(H,22,24). The Hall–Kier alpha value is -3.33. The maximum Gasteiger partial charge on any atom is 0.271 e. The number of ether oxygens (including phenoxy) is 1. The number of rotatable bonds is 5. The second kappa shape index (κ2) is 7.92. The normalized spacial score (nSPS) is 10.3. The maximum atomic E-state index is 13.8. The zero-order valence-corrected chi connectivity index (χ0v) is 15.1. The summed E-state index contributed by atoms with van der Waals surface area (Å²) in [5.41, 5.74) is -0.478. The van der Waals surface area contributed by atoms with Crippen molar-refractivity contribution in [3.8, 4) is 11.6 Å². The molecule has 1 N–H and O–H groups in total. The molecule has 0 aliphatic carbocycles. The fourth-order valence-corrected chi connectivity index (χ4v) is 2.52. The summed E-state index contributed by atoms with van der Waals surface area (Å²) in [5, 5.41) is 13.1. The van der Waals surface area contributed by atoms with E-state index in [1.807, 2.05) is 6.07 Å². The lowest BCUT2D eigenvalue weighted by Gasteiger charge is -2.08. The van der Waals surface area contributed by atoms with E-state index in [0.717, 1.165) is 22.7 Å². The minimum atomic E-state index is -0.781. The van der Waals surface area contributed by atoms with Gasteiger partial charge in [0.1, 0.15) is 11.6 Å². The van der Waals surface area contributed by atoms with Crippen molar-refractivity contribution in [2.24, 2.45) is 0 Å². The fourth-order valence-electron chi connectivity index (χ4n) is 2.14. The van der Waals surface area contributed by atoms with E-state index in [9.17, 15) is 19.3 Å². The van der Waals surface area contributed by atoms with Crippen LogP contribution in [0.2, 0.25) is 0 Å². The zero-order valence-electron chi connectivity index (χ0n) is 13.6. The van der Waals surface area contributed by atoms with E-state index in [2.05, 4.69) is 26.2 Å². The number of non-ortho nitro benzene ring substituents is 1. The van der Waals surface area contributed by atoms with E-state index in [-0.39, 0.29) is 22.8 Å². The molecule has 0 aliphatic rings. The zero-order chi connectivity index (χ0) is 19.4. The van der Waals surface area contributed by atoms with Gasteiger partial charge in [-0.1, -0.05) is 22.0 Å². The molecule has 0 unspecified atom stereocenters. The van der Waals surface area contributed by atoms with Crippen molar-refractivity contribution in [1.29, 1.82) is 0 Å². The Bertz CT molecular complexity index is 1010. The van der Waals surface area contributed by atoms with Gasteiger partial charge < -0.3 is 10.1 Å². The van der Waals surface area contributed by atoms with Crippen molar-refractivity contribution in [3.05, 3.63) is 86.8 Å². The number of benzene rings is 2. The first-order valence-electron chi connectivity index (χ1n) is 7.57. The first-order chi connectivity index (χ1) is 12.9. The number of nitro groups is 1. The topological polar surface area (TPSA) is 94.4 Å². The van der Waals surface area contributed by atoms with E-state index in [4.69, 9.17) is 4.74 Å². The van der Waals surface area contributed by atoms with Gasteiger partial charge in [0, 0.05) is 28.9 Å². The first-order valence-corrected chi connectivity index (χ1v) is 8.36. The molecule has 1 amide bonds. The number of aromatic nitrogens is 1. The Morgan fingerprint density at radius 3 is 2.67 bits per heavy atom. The predicted octanol–water partition coefficient (Wildman–Crippen LogP) is 4.94. The number of carbonyl (C=O) groups is 1. The minimum Gasteiger partial charge on any atom is -0.439 e. The SMILES string of the molecule is O=C(Nc1cc([N+](=O)[O-])ccc1F)c1ccc(Oc2cccc(Br)c2)nc1. The highest BCUT2D eigenvalue weighted by molar-refractivity contribution is 9.10. The van der Waals surface area contributed by atoms with Crippen molar-refractivity contribution in [2.45, 2.75) is 0 Å². The molecule has 0 atom stereocenters. The fraction of sp³-hybridized carbons (Fsp3) is 0. The number of amides is 1. The number of nitro benzene ring substituents is 1. The number of pyridine rings is 1. The molecule has 0 saturated carbocycles. The van der Waals surface area contributed by atoms with Gasteiger partial charge in [0.2, 0.25) is 5.88 Å². The lowest BCUT2D eigenvalue weighted by atomic mass is 10.2. The Labute approximate surface area is 161 Å².